The molecule has 0 atom stereocenters. The maximum atomic E-state index is 13.3. The zero-order valence-electron chi connectivity index (χ0n) is 22.7. The van der Waals surface area contributed by atoms with Crippen molar-refractivity contribution in [2.75, 3.05) is 30.1 Å². The number of likely N-dealkylation sites (tertiary alicyclic amines) is 1. The van der Waals surface area contributed by atoms with E-state index in [1.807, 2.05) is 24.3 Å². The van der Waals surface area contributed by atoms with Crippen LogP contribution in [-0.2, 0) is 10.0 Å². The van der Waals surface area contributed by atoms with E-state index in [4.69, 9.17) is 5.26 Å². The van der Waals surface area contributed by atoms with E-state index in [0.717, 1.165) is 23.3 Å². The topological polar surface area (TPSA) is 128 Å². The first-order valence-electron chi connectivity index (χ1n) is 13.5. The third kappa shape index (κ3) is 6.00. The van der Waals surface area contributed by atoms with E-state index in [2.05, 4.69) is 10.8 Å². The summed E-state index contributed by atoms with van der Waals surface area (Å²) in [7, 11) is -3.81. The monoisotopic (exact) mass is 570 g/mol. The van der Waals surface area contributed by atoms with Crippen LogP contribution in [0.1, 0.15) is 72.9 Å². The molecule has 10 heteroatoms. The van der Waals surface area contributed by atoms with Crippen molar-refractivity contribution in [2.45, 2.75) is 32.1 Å². The zero-order chi connectivity index (χ0) is 29.1. The number of hydrogen-bond acceptors (Lipinski definition) is 6. The van der Waals surface area contributed by atoms with Crippen LogP contribution in [0, 0.1) is 18.3 Å². The van der Waals surface area contributed by atoms with Crippen molar-refractivity contribution in [3.63, 3.8) is 0 Å². The van der Waals surface area contributed by atoms with Crippen molar-refractivity contribution < 1.29 is 22.8 Å². The minimum atomic E-state index is -3.81. The van der Waals surface area contributed by atoms with Crippen LogP contribution in [0.15, 0.2) is 66.7 Å². The maximum absolute atomic E-state index is 13.3. The third-order valence-electron chi connectivity index (χ3n) is 7.72. The SMILES string of the molecule is Cc1ccc(C(=O)N2CCC(c3ccc(C#N)cc3)CC2)cc1NS(=O)(=O)CCCN1C(=O)c2ccccc2C1=O. The van der Waals surface area contributed by atoms with Gasteiger partial charge in [0.2, 0.25) is 10.0 Å². The molecule has 2 aliphatic rings. The molecule has 210 valence electrons. The third-order valence-corrected chi connectivity index (χ3v) is 9.07. The smallest absolute Gasteiger partial charge is 0.261 e. The first-order valence-corrected chi connectivity index (χ1v) is 15.2. The molecule has 0 radical (unpaired) electrons. The Bertz CT molecular complexity index is 1620. The van der Waals surface area contributed by atoms with Gasteiger partial charge in [-0.2, -0.15) is 5.26 Å². The molecule has 0 unspecified atom stereocenters. The van der Waals surface area contributed by atoms with E-state index < -0.39 is 21.8 Å². The van der Waals surface area contributed by atoms with Crippen LogP contribution < -0.4 is 4.72 Å². The van der Waals surface area contributed by atoms with Gasteiger partial charge in [0, 0.05) is 25.2 Å². The molecule has 1 N–H and O–H groups in total. The second-order valence-electron chi connectivity index (χ2n) is 10.4. The zero-order valence-corrected chi connectivity index (χ0v) is 23.5. The fourth-order valence-corrected chi connectivity index (χ4v) is 6.53. The van der Waals surface area contributed by atoms with Crippen LogP contribution in [0.25, 0.3) is 0 Å². The summed E-state index contributed by atoms with van der Waals surface area (Å²) in [6.45, 7) is 2.91. The van der Waals surface area contributed by atoms with Crippen LogP contribution in [0.5, 0.6) is 0 Å². The minimum Gasteiger partial charge on any atom is -0.339 e. The van der Waals surface area contributed by atoms with Gasteiger partial charge in [-0.1, -0.05) is 30.3 Å². The van der Waals surface area contributed by atoms with Gasteiger partial charge in [0.15, 0.2) is 0 Å². The molecule has 2 aliphatic heterocycles. The highest BCUT2D eigenvalue weighted by Gasteiger charge is 2.35. The predicted molar refractivity (Wildman–Crippen MR) is 154 cm³/mol. The standard InChI is InChI=1S/C31H30N4O5S/c1-21-7-10-25(29(36)34-16-13-24(14-17-34)23-11-8-22(20-32)9-12-23)19-28(21)33-41(39,40)18-4-15-35-30(37)26-5-2-3-6-27(26)31(35)38/h2-3,5-12,19,24,33H,4,13-18H2,1H3. The number of nitrogens with one attached hydrogen (secondary N) is 1. The van der Waals surface area contributed by atoms with Gasteiger partial charge >= 0.3 is 0 Å². The number of benzene rings is 3. The summed E-state index contributed by atoms with van der Waals surface area (Å²) in [6, 6.07) is 21.2. The number of carbonyl (C=O) groups is 3. The number of sulfonamides is 1. The number of nitriles is 1. The summed E-state index contributed by atoms with van der Waals surface area (Å²) < 4.78 is 28.4. The summed E-state index contributed by atoms with van der Waals surface area (Å²) in [6.07, 6.45) is 1.68. The van der Waals surface area contributed by atoms with E-state index in [-0.39, 0.29) is 24.6 Å². The molecule has 3 aromatic carbocycles. The first-order chi connectivity index (χ1) is 19.7. The molecule has 2 heterocycles. The van der Waals surface area contributed by atoms with Crippen LogP contribution in [0.2, 0.25) is 0 Å². The van der Waals surface area contributed by atoms with Crippen LogP contribution in [0.4, 0.5) is 5.69 Å². The fraction of sp³-hybridized carbons (Fsp3) is 0.290. The Balaban J connectivity index is 1.17. The second-order valence-corrected chi connectivity index (χ2v) is 12.3. The van der Waals surface area contributed by atoms with E-state index in [1.165, 1.54) is 0 Å². The Morgan fingerprint density at radius 2 is 1.61 bits per heavy atom. The summed E-state index contributed by atoms with van der Waals surface area (Å²) in [5.41, 5.74) is 3.83. The van der Waals surface area contributed by atoms with Crippen molar-refractivity contribution in [1.82, 2.24) is 9.80 Å². The number of imide groups is 1. The first kappa shape index (κ1) is 28.1. The number of aryl methyl sites for hydroxylation is 1. The van der Waals surface area contributed by atoms with Crippen LogP contribution in [0.3, 0.4) is 0 Å². The number of nitrogens with zero attached hydrogens (tertiary/aromatic N) is 3. The molecule has 0 saturated carbocycles. The molecule has 3 aromatic rings. The van der Waals surface area contributed by atoms with Crippen molar-refractivity contribution in [3.8, 4) is 6.07 Å². The van der Waals surface area contributed by atoms with Crippen molar-refractivity contribution in [2.24, 2.45) is 0 Å². The number of piperidine rings is 1. The van der Waals surface area contributed by atoms with Crippen LogP contribution in [-0.4, -0.2) is 61.3 Å². The molecule has 0 aromatic heterocycles. The summed E-state index contributed by atoms with van der Waals surface area (Å²) in [5, 5.41) is 9.01. The van der Waals surface area contributed by atoms with E-state index >= 15 is 0 Å². The molecule has 0 aliphatic carbocycles. The molecule has 41 heavy (non-hydrogen) atoms. The second kappa shape index (κ2) is 11.6. The van der Waals surface area contributed by atoms with Gasteiger partial charge in [-0.25, -0.2) is 8.42 Å². The number of carbonyl (C=O) groups excluding carboxylic acids is 3. The van der Waals surface area contributed by atoms with Gasteiger partial charge in [-0.15, -0.1) is 0 Å². The van der Waals surface area contributed by atoms with Crippen molar-refractivity contribution in [3.05, 3.63) is 100 Å². The summed E-state index contributed by atoms with van der Waals surface area (Å²) in [4.78, 5) is 41.2. The lowest BCUT2D eigenvalue weighted by atomic mass is 9.89. The van der Waals surface area contributed by atoms with Gasteiger partial charge in [0.05, 0.1) is 34.2 Å². The maximum Gasteiger partial charge on any atom is 0.261 e. The molecule has 0 bridgehead atoms. The average molecular weight is 571 g/mol. The summed E-state index contributed by atoms with van der Waals surface area (Å²) >= 11 is 0. The lowest BCUT2D eigenvalue weighted by molar-refractivity contribution is 0.0652. The molecule has 9 nitrogen and oxygen atoms in total. The van der Waals surface area contributed by atoms with Gasteiger partial charge in [0.25, 0.3) is 17.7 Å². The lowest BCUT2D eigenvalue weighted by Crippen LogP contribution is -2.38. The predicted octanol–water partition coefficient (Wildman–Crippen LogP) is 4.31. The number of anilines is 1. The average Bonchev–Trinajstić information content (AvgIpc) is 3.23. The van der Waals surface area contributed by atoms with E-state index in [0.29, 0.717) is 52.5 Å². The quantitative estimate of drug-likeness (QED) is 0.402. The molecule has 3 amide bonds. The minimum absolute atomic E-state index is 0.0107. The summed E-state index contributed by atoms with van der Waals surface area (Å²) in [5.74, 6) is -0.972. The van der Waals surface area contributed by atoms with Gasteiger partial charge in [-0.3, -0.25) is 24.0 Å². The Labute approximate surface area is 239 Å². The molecule has 1 fully saturated rings. The molecule has 0 spiro atoms. The molecule has 1 saturated heterocycles. The Kier molecular flexibility index (Phi) is 7.90. The van der Waals surface area contributed by atoms with E-state index in [9.17, 15) is 22.8 Å². The van der Waals surface area contributed by atoms with Gasteiger partial charge in [0.1, 0.15) is 0 Å². The van der Waals surface area contributed by atoms with Gasteiger partial charge < -0.3 is 4.90 Å². The Morgan fingerprint density at radius 3 is 2.22 bits per heavy atom. The number of rotatable bonds is 8. The van der Waals surface area contributed by atoms with Crippen molar-refractivity contribution in [1.29, 1.82) is 5.26 Å². The highest BCUT2D eigenvalue weighted by atomic mass is 32.2. The van der Waals surface area contributed by atoms with E-state index in [1.54, 1.807) is 54.3 Å². The number of hydrogen-bond donors (Lipinski definition) is 1. The highest BCUT2D eigenvalue weighted by Crippen LogP contribution is 2.30. The normalized spacial score (nSPS) is 15.5. The molecular formula is C31H30N4O5S. The number of amides is 3. The Hall–Kier alpha value is -4.49. The fourth-order valence-electron chi connectivity index (χ4n) is 5.37. The largest absolute Gasteiger partial charge is 0.339 e. The highest BCUT2D eigenvalue weighted by molar-refractivity contribution is 7.92. The van der Waals surface area contributed by atoms with Gasteiger partial charge in [-0.05, 0) is 79.6 Å². The molecular weight excluding hydrogens is 540 g/mol. The van der Waals surface area contributed by atoms with Crippen LogP contribution >= 0.6 is 0 Å². The molecule has 5 rings (SSSR count). The Morgan fingerprint density at radius 1 is 0.976 bits per heavy atom. The number of fused-ring (bicyclic) bond motifs is 1. The van der Waals surface area contributed by atoms with Crippen molar-refractivity contribution >= 4 is 33.4 Å². The lowest BCUT2D eigenvalue weighted by Gasteiger charge is -2.32.